The molecular formula is C18H16N4O2. The summed E-state index contributed by atoms with van der Waals surface area (Å²) in [5.41, 5.74) is 3.28. The summed E-state index contributed by atoms with van der Waals surface area (Å²) < 4.78 is 4.68. The van der Waals surface area contributed by atoms with Crippen LogP contribution in [-0.2, 0) is 11.3 Å². The maximum atomic E-state index is 11.4. The highest BCUT2D eigenvalue weighted by Gasteiger charge is 2.05. The molecule has 0 amide bonds. The largest absolute Gasteiger partial charge is 0.465 e. The van der Waals surface area contributed by atoms with Gasteiger partial charge in [0.15, 0.2) is 0 Å². The third kappa shape index (κ3) is 3.73. The van der Waals surface area contributed by atoms with Crippen molar-refractivity contribution in [2.24, 2.45) is 0 Å². The molecule has 120 valence electrons. The Labute approximate surface area is 139 Å². The van der Waals surface area contributed by atoms with Crippen molar-refractivity contribution in [1.29, 1.82) is 0 Å². The molecule has 0 bridgehead atoms. The molecule has 2 heterocycles. The van der Waals surface area contributed by atoms with E-state index in [9.17, 15) is 4.79 Å². The first-order valence-electron chi connectivity index (χ1n) is 7.41. The predicted molar refractivity (Wildman–Crippen MR) is 90.4 cm³/mol. The summed E-state index contributed by atoms with van der Waals surface area (Å²) in [5, 5.41) is 3.17. The Morgan fingerprint density at radius 3 is 2.67 bits per heavy atom. The summed E-state index contributed by atoms with van der Waals surface area (Å²) in [6.07, 6.45) is 5.19. The topological polar surface area (TPSA) is 77.0 Å². The number of methoxy groups -OCH3 is 1. The molecule has 0 saturated carbocycles. The lowest BCUT2D eigenvalue weighted by atomic mass is 10.1. The zero-order valence-electron chi connectivity index (χ0n) is 13.1. The minimum Gasteiger partial charge on any atom is -0.465 e. The molecule has 6 heteroatoms. The number of pyridine rings is 1. The molecule has 0 spiro atoms. The summed E-state index contributed by atoms with van der Waals surface area (Å²) in [7, 11) is 1.37. The third-order valence-electron chi connectivity index (χ3n) is 3.44. The first-order valence-corrected chi connectivity index (χ1v) is 7.41. The number of esters is 1. The van der Waals surface area contributed by atoms with Crippen molar-refractivity contribution < 1.29 is 9.53 Å². The third-order valence-corrected chi connectivity index (χ3v) is 3.44. The van der Waals surface area contributed by atoms with E-state index in [1.165, 1.54) is 7.11 Å². The normalized spacial score (nSPS) is 10.2. The predicted octanol–water partition coefficient (Wildman–Crippen LogP) is 2.94. The van der Waals surface area contributed by atoms with E-state index in [0.29, 0.717) is 18.1 Å². The number of ether oxygens (including phenoxy) is 1. The van der Waals surface area contributed by atoms with E-state index in [-0.39, 0.29) is 5.97 Å². The van der Waals surface area contributed by atoms with Gasteiger partial charge in [0.1, 0.15) is 0 Å². The van der Waals surface area contributed by atoms with E-state index >= 15 is 0 Å². The van der Waals surface area contributed by atoms with Crippen LogP contribution >= 0.6 is 0 Å². The highest BCUT2D eigenvalue weighted by molar-refractivity contribution is 5.89. The van der Waals surface area contributed by atoms with Crippen molar-refractivity contribution in [2.45, 2.75) is 6.54 Å². The first-order chi connectivity index (χ1) is 11.8. The van der Waals surface area contributed by atoms with Gasteiger partial charge in [-0.15, -0.1) is 0 Å². The molecule has 0 aliphatic heterocycles. The van der Waals surface area contributed by atoms with Crippen molar-refractivity contribution in [3.8, 4) is 11.3 Å². The van der Waals surface area contributed by atoms with Crippen molar-refractivity contribution in [2.75, 3.05) is 12.4 Å². The van der Waals surface area contributed by atoms with Crippen molar-refractivity contribution in [3.63, 3.8) is 0 Å². The fourth-order valence-electron chi connectivity index (χ4n) is 2.18. The number of aromatic nitrogens is 3. The maximum absolute atomic E-state index is 11.4. The van der Waals surface area contributed by atoms with Crippen LogP contribution in [0, 0.1) is 0 Å². The van der Waals surface area contributed by atoms with E-state index in [1.54, 1.807) is 30.7 Å². The molecule has 0 aliphatic rings. The molecule has 1 aromatic carbocycles. The quantitative estimate of drug-likeness (QED) is 0.728. The number of rotatable bonds is 5. The fourth-order valence-corrected chi connectivity index (χ4v) is 2.18. The molecule has 0 radical (unpaired) electrons. The van der Waals surface area contributed by atoms with Gasteiger partial charge in [-0.25, -0.2) is 14.8 Å². The molecular weight excluding hydrogens is 304 g/mol. The average Bonchev–Trinajstić information content (AvgIpc) is 2.67. The summed E-state index contributed by atoms with van der Waals surface area (Å²) in [6.45, 7) is 0.554. The van der Waals surface area contributed by atoms with Crippen LogP contribution in [0.4, 0.5) is 5.95 Å². The van der Waals surface area contributed by atoms with Crippen LogP contribution in [0.3, 0.4) is 0 Å². The van der Waals surface area contributed by atoms with E-state index < -0.39 is 0 Å². The van der Waals surface area contributed by atoms with Crippen molar-refractivity contribution in [1.82, 2.24) is 15.0 Å². The van der Waals surface area contributed by atoms with Crippen LogP contribution in [0.1, 0.15) is 15.9 Å². The zero-order valence-corrected chi connectivity index (χ0v) is 13.1. The first kappa shape index (κ1) is 15.6. The van der Waals surface area contributed by atoms with Crippen LogP contribution < -0.4 is 5.32 Å². The minimum atomic E-state index is -0.345. The van der Waals surface area contributed by atoms with E-state index in [4.69, 9.17) is 0 Å². The molecule has 6 nitrogen and oxygen atoms in total. The lowest BCUT2D eigenvalue weighted by molar-refractivity contribution is 0.0600. The molecule has 3 rings (SSSR count). The Morgan fingerprint density at radius 2 is 1.96 bits per heavy atom. The molecule has 0 atom stereocenters. The van der Waals surface area contributed by atoms with Gasteiger partial charge < -0.3 is 10.1 Å². The highest BCUT2D eigenvalue weighted by Crippen LogP contribution is 2.16. The molecule has 24 heavy (non-hydrogen) atoms. The van der Waals surface area contributed by atoms with E-state index in [2.05, 4.69) is 25.0 Å². The number of carbonyl (C=O) groups excluding carboxylic acids is 1. The molecule has 1 N–H and O–H groups in total. The minimum absolute atomic E-state index is 0.345. The monoisotopic (exact) mass is 320 g/mol. The Kier molecular flexibility index (Phi) is 4.76. The summed E-state index contributed by atoms with van der Waals surface area (Å²) in [6, 6.07) is 12.9. The Hall–Kier alpha value is -3.28. The van der Waals surface area contributed by atoms with Crippen LogP contribution in [0.2, 0.25) is 0 Å². The summed E-state index contributed by atoms with van der Waals surface area (Å²) in [5.74, 6) is 0.190. The number of anilines is 1. The molecule has 0 unspecified atom stereocenters. The van der Waals surface area contributed by atoms with Crippen LogP contribution in [0.5, 0.6) is 0 Å². The van der Waals surface area contributed by atoms with Gasteiger partial charge in [-0.1, -0.05) is 12.1 Å². The van der Waals surface area contributed by atoms with Crippen LogP contribution in [-0.4, -0.2) is 28.0 Å². The van der Waals surface area contributed by atoms with Gasteiger partial charge >= 0.3 is 5.97 Å². The van der Waals surface area contributed by atoms with Crippen molar-refractivity contribution >= 4 is 11.9 Å². The Morgan fingerprint density at radius 1 is 1.12 bits per heavy atom. The SMILES string of the molecule is COC(=O)c1ccc(CNc2nccc(-c3cccnc3)n2)cc1. The van der Waals surface area contributed by atoms with Gasteiger partial charge in [0.2, 0.25) is 5.95 Å². The highest BCUT2D eigenvalue weighted by atomic mass is 16.5. The van der Waals surface area contributed by atoms with E-state index in [1.807, 2.05) is 30.3 Å². The van der Waals surface area contributed by atoms with Gasteiger partial charge in [-0.2, -0.15) is 0 Å². The van der Waals surface area contributed by atoms with Gasteiger partial charge in [0.25, 0.3) is 0 Å². The second-order valence-electron chi connectivity index (χ2n) is 5.05. The molecule has 2 aromatic heterocycles. The second-order valence-corrected chi connectivity index (χ2v) is 5.05. The molecule has 0 saturated heterocycles. The number of hydrogen-bond donors (Lipinski definition) is 1. The van der Waals surface area contributed by atoms with Gasteiger partial charge in [-0.3, -0.25) is 4.98 Å². The lowest BCUT2D eigenvalue weighted by Gasteiger charge is -2.07. The molecule has 0 aliphatic carbocycles. The average molecular weight is 320 g/mol. The number of hydrogen-bond acceptors (Lipinski definition) is 6. The van der Waals surface area contributed by atoms with Crippen LogP contribution in [0.25, 0.3) is 11.3 Å². The second kappa shape index (κ2) is 7.32. The number of nitrogens with zero attached hydrogens (tertiary/aromatic N) is 3. The lowest BCUT2D eigenvalue weighted by Crippen LogP contribution is -2.05. The van der Waals surface area contributed by atoms with Crippen LogP contribution in [0.15, 0.2) is 61.1 Å². The molecule has 3 aromatic rings. The summed E-state index contributed by atoms with van der Waals surface area (Å²) in [4.78, 5) is 24.2. The Balaban J connectivity index is 1.68. The van der Waals surface area contributed by atoms with Crippen molar-refractivity contribution in [3.05, 3.63) is 72.2 Å². The number of benzene rings is 1. The Bertz CT molecular complexity index is 820. The number of carbonyl (C=O) groups is 1. The summed E-state index contributed by atoms with van der Waals surface area (Å²) >= 11 is 0. The van der Waals surface area contributed by atoms with Gasteiger partial charge in [0, 0.05) is 30.7 Å². The maximum Gasteiger partial charge on any atom is 0.337 e. The van der Waals surface area contributed by atoms with E-state index in [0.717, 1.165) is 16.8 Å². The smallest absolute Gasteiger partial charge is 0.337 e. The van der Waals surface area contributed by atoms with Gasteiger partial charge in [0.05, 0.1) is 18.4 Å². The fraction of sp³-hybridized carbons (Fsp3) is 0.111. The standard InChI is InChI=1S/C18H16N4O2/c1-24-17(23)14-6-4-13(5-7-14)11-21-18-20-10-8-16(22-18)15-3-2-9-19-12-15/h2-10,12H,11H2,1H3,(H,20,21,22). The molecule has 0 fully saturated rings. The number of nitrogens with one attached hydrogen (secondary N) is 1. The van der Waals surface area contributed by atoms with Gasteiger partial charge in [-0.05, 0) is 35.9 Å². The zero-order chi connectivity index (χ0) is 16.8.